The van der Waals surface area contributed by atoms with Crippen molar-refractivity contribution in [2.75, 3.05) is 6.61 Å². The highest BCUT2D eigenvalue weighted by atomic mass is 19.1. The van der Waals surface area contributed by atoms with Crippen molar-refractivity contribution in [2.45, 2.75) is 13.0 Å². The maximum atomic E-state index is 14.0. The molecule has 0 saturated heterocycles. The van der Waals surface area contributed by atoms with E-state index in [1.54, 1.807) is 23.1 Å². The number of rotatable bonds is 6. The summed E-state index contributed by atoms with van der Waals surface area (Å²) in [4.78, 5) is 4.07. The molecule has 1 aromatic carbocycles. The standard InChI is InChI=1S/C17H16F2N2O2/c18-14-4-1-5-15(19)16(14)17-20-6-7-21(17)10-12(11-22)9-13-3-2-8-23-13/h1-8,12,22H,9-11H2/t12-/m1/s1. The minimum Gasteiger partial charge on any atom is -0.469 e. The third kappa shape index (κ3) is 3.32. The zero-order chi connectivity index (χ0) is 16.2. The summed E-state index contributed by atoms with van der Waals surface area (Å²) >= 11 is 0. The first-order valence-electron chi connectivity index (χ1n) is 7.27. The fourth-order valence-corrected chi connectivity index (χ4v) is 2.57. The quantitative estimate of drug-likeness (QED) is 0.759. The van der Waals surface area contributed by atoms with Crippen LogP contribution in [0.15, 0.2) is 53.4 Å². The van der Waals surface area contributed by atoms with Crippen LogP contribution in [0.4, 0.5) is 8.78 Å². The van der Waals surface area contributed by atoms with Gasteiger partial charge in [0.15, 0.2) is 0 Å². The van der Waals surface area contributed by atoms with Gasteiger partial charge in [-0.05, 0) is 24.3 Å². The van der Waals surface area contributed by atoms with Crippen LogP contribution in [0.3, 0.4) is 0 Å². The smallest absolute Gasteiger partial charge is 0.145 e. The molecule has 120 valence electrons. The normalized spacial score (nSPS) is 12.5. The molecule has 0 aliphatic rings. The zero-order valence-corrected chi connectivity index (χ0v) is 12.3. The highest BCUT2D eigenvalue weighted by molar-refractivity contribution is 5.57. The second kappa shape index (κ2) is 6.75. The van der Waals surface area contributed by atoms with E-state index in [0.29, 0.717) is 13.0 Å². The topological polar surface area (TPSA) is 51.2 Å². The van der Waals surface area contributed by atoms with Gasteiger partial charge in [0.2, 0.25) is 0 Å². The van der Waals surface area contributed by atoms with Gasteiger partial charge in [-0.25, -0.2) is 13.8 Å². The van der Waals surface area contributed by atoms with Crippen molar-refractivity contribution in [1.82, 2.24) is 9.55 Å². The lowest BCUT2D eigenvalue weighted by Gasteiger charge is -2.16. The molecule has 2 aromatic heterocycles. The van der Waals surface area contributed by atoms with Crippen molar-refractivity contribution in [3.8, 4) is 11.4 Å². The van der Waals surface area contributed by atoms with E-state index < -0.39 is 11.6 Å². The number of nitrogens with zero attached hydrogens (tertiary/aromatic N) is 2. The molecule has 0 aliphatic carbocycles. The molecule has 0 unspecified atom stereocenters. The summed E-state index contributed by atoms with van der Waals surface area (Å²) in [5.41, 5.74) is -0.160. The van der Waals surface area contributed by atoms with Crippen molar-refractivity contribution in [3.63, 3.8) is 0 Å². The van der Waals surface area contributed by atoms with Crippen LogP contribution in [0.2, 0.25) is 0 Å². The highest BCUT2D eigenvalue weighted by Gasteiger charge is 2.19. The predicted molar refractivity (Wildman–Crippen MR) is 80.6 cm³/mol. The van der Waals surface area contributed by atoms with Crippen molar-refractivity contribution in [2.24, 2.45) is 5.92 Å². The zero-order valence-electron chi connectivity index (χ0n) is 12.3. The molecular formula is C17H16F2N2O2. The number of hydrogen-bond acceptors (Lipinski definition) is 3. The minimum atomic E-state index is -0.663. The van der Waals surface area contributed by atoms with E-state index >= 15 is 0 Å². The minimum absolute atomic E-state index is 0.0714. The second-order valence-electron chi connectivity index (χ2n) is 5.33. The molecule has 0 aliphatic heterocycles. The Bertz CT molecular complexity index is 749. The lowest BCUT2D eigenvalue weighted by atomic mass is 10.0. The summed E-state index contributed by atoms with van der Waals surface area (Å²) in [7, 11) is 0. The van der Waals surface area contributed by atoms with Crippen molar-refractivity contribution >= 4 is 0 Å². The molecular weight excluding hydrogens is 302 g/mol. The second-order valence-corrected chi connectivity index (χ2v) is 5.33. The first-order chi connectivity index (χ1) is 11.2. The average Bonchev–Trinajstić information content (AvgIpc) is 3.19. The van der Waals surface area contributed by atoms with E-state index in [1.807, 2.05) is 6.07 Å². The van der Waals surface area contributed by atoms with Gasteiger partial charge >= 0.3 is 0 Å². The van der Waals surface area contributed by atoms with E-state index in [-0.39, 0.29) is 23.9 Å². The Morgan fingerprint density at radius 1 is 1.17 bits per heavy atom. The molecule has 3 aromatic rings. The predicted octanol–water partition coefficient (Wildman–Crippen LogP) is 3.27. The molecule has 0 spiro atoms. The Kier molecular flexibility index (Phi) is 4.52. The van der Waals surface area contributed by atoms with Crippen LogP contribution in [-0.2, 0) is 13.0 Å². The summed E-state index contributed by atoms with van der Waals surface area (Å²) in [6.07, 6.45) is 5.23. The number of halogens is 2. The van der Waals surface area contributed by atoms with Crippen LogP contribution in [-0.4, -0.2) is 21.3 Å². The fourth-order valence-electron chi connectivity index (χ4n) is 2.57. The van der Waals surface area contributed by atoms with Gasteiger partial charge in [-0.3, -0.25) is 0 Å². The molecule has 2 heterocycles. The summed E-state index contributed by atoms with van der Waals surface area (Å²) in [5.74, 6) is -0.515. The van der Waals surface area contributed by atoms with E-state index in [4.69, 9.17) is 4.42 Å². The van der Waals surface area contributed by atoms with Gasteiger partial charge in [-0.1, -0.05) is 6.07 Å². The van der Waals surface area contributed by atoms with Gasteiger partial charge in [-0.2, -0.15) is 0 Å². The van der Waals surface area contributed by atoms with Crippen LogP contribution in [0.25, 0.3) is 11.4 Å². The van der Waals surface area contributed by atoms with Crippen LogP contribution < -0.4 is 0 Å². The molecule has 3 rings (SSSR count). The molecule has 0 amide bonds. The number of furan rings is 1. The largest absolute Gasteiger partial charge is 0.469 e. The van der Waals surface area contributed by atoms with Gasteiger partial charge in [0.1, 0.15) is 23.2 Å². The molecule has 0 fully saturated rings. The van der Waals surface area contributed by atoms with Crippen molar-refractivity contribution in [3.05, 3.63) is 66.4 Å². The number of aliphatic hydroxyl groups is 1. The van der Waals surface area contributed by atoms with Crippen LogP contribution in [0.1, 0.15) is 5.76 Å². The van der Waals surface area contributed by atoms with Crippen LogP contribution in [0, 0.1) is 17.6 Å². The highest BCUT2D eigenvalue weighted by Crippen LogP contribution is 2.25. The molecule has 0 radical (unpaired) electrons. The molecule has 23 heavy (non-hydrogen) atoms. The lowest BCUT2D eigenvalue weighted by Crippen LogP contribution is -2.17. The number of aliphatic hydroxyl groups excluding tert-OH is 1. The van der Waals surface area contributed by atoms with E-state index in [9.17, 15) is 13.9 Å². The maximum Gasteiger partial charge on any atom is 0.145 e. The van der Waals surface area contributed by atoms with E-state index in [1.165, 1.54) is 24.4 Å². The summed E-state index contributed by atoms with van der Waals surface area (Å²) in [6.45, 7) is 0.304. The SMILES string of the molecule is OC[C@H](Cc1ccco1)Cn1ccnc1-c1c(F)cccc1F. The first-order valence-corrected chi connectivity index (χ1v) is 7.27. The lowest BCUT2D eigenvalue weighted by molar-refractivity contribution is 0.204. The van der Waals surface area contributed by atoms with Gasteiger partial charge in [0, 0.05) is 37.9 Å². The van der Waals surface area contributed by atoms with Crippen molar-refractivity contribution in [1.29, 1.82) is 0 Å². The maximum absolute atomic E-state index is 14.0. The number of aromatic nitrogens is 2. The van der Waals surface area contributed by atoms with Crippen molar-refractivity contribution < 1.29 is 18.3 Å². The fraction of sp³-hybridized carbons (Fsp3) is 0.235. The average molecular weight is 318 g/mol. The molecule has 1 atom stereocenters. The van der Waals surface area contributed by atoms with Gasteiger partial charge in [0.25, 0.3) is 0 Å². The van der Waals surface area contributed by atoms with E-state index in [0.717, 1.165) is 5.76 Å². The third-order valence-corrected chi connectivity index (χ3v) is 3.68. The molecule has 1 N–H and O–H groups in total. The molecule has 0 bridgehead atoms. The monoisotopic (exact) mass is 318 g/mol. The van der Waals surface area contributed by atoms with Gasteiger partial charge in [0.05, 0.1) is 11.8 Å². The molecule has 6 heteroatoms. The first kappa shape index (κ1) is 15.4. The summed E-state index contributed by atoms with van der Waals surface area (Å²) in [6, 6.07) is 7.32. The molecule has 4 nitrogen and oxygen atoms in total. The summed E-state index contributed by atoms with van der Waals surface area (Å²) < 4.78 is 34.8. The Labute approximate surface area is 132 Å². The number of hydrogen-bond donors (Lipinski definition) is 1. The molecule has 0 saturated carbocycles. The van der Waals surface area contributed by atoms with Crippen LogP contribution in [0.5, 0.6) is 0 Å². The Balaban J connectivity index is 1.86. The van der Waals surface area contributed by atoms with Gasteiger partial charge in [-0.15, -0.1) is 0 Å². The summed E-state index contributed by atoms with van der Waals surface area (Å²) in [5, 5.41) is 9.57. The van der Waals surface area contributed by atoms with Gasteiger partial charge < -0.3 is 14.1 Å². The van der Waals surface area contributed by atoms with Crippen LogP contribution >= 0.6 is 0 Å². The Morgan fingerprint density at radius 3 is 2.61 bits per heavy atom. The Hall–Kier alpha value is -2.47. The van der Waals surface area contributed by atoms with E-state index in [2.05, 4.69) is 4.98 Å². The number of benzene rings is 1. The number of imidazole rings is 1. The Morgan fingerprint density at radius 2 is 1.96 bits per heavy atom. The third-order valence-electron chi connectivity index (χ3n) is 3.68.